The predicted octanol–water partition coefficient (Wildman–Crippen LogP) is 3.37. The summed E-state index contributed by atoms with van der Waals surface area (Å²) in [4.78, 5) is 4.81. The summed E-state index contributed by atoms with van der Waals surface area (Å²) in [7, 11) is 0. The summed E-state index contributed by atoms with van der Waals surface area (Å²) in [6, 6.07) is 8.55. The lowest BCUT2D eigenvalue weighted by Gasteiger charge is -2.31. The Labute approximate surface area is 124 Å². The van der Waals surface area contributed by atoms with Crippen molar-refractivity contribution in [2.45, 2.75) is 31.7 Å². The molecule has 4 heteroatoms. The van der Waals surface area contributed by atoms with Crippen molar-refractivity contribution in [1.29, 1.82) is 0 Å². The first kappa shape index (κ1) is 12.6. The zero-order valence-corrected chi connectivity index (χ0v) is 12.4. The van der Waals surface area contributed by atoms with Crippen molar-refractivity contribution in [2.75, 3.05) is 18.9 Å². The van der Waals surface area contributed by atoms with Crippen molar-refractivity contribution in [3.8, 4) is 5.75 Å². The van der Waals surface area contributed by atoms with E-state index >= 15 is 0 Å². The molecule has 1 saturated carbocycles. The minimum Gasteiger partial charge on any atom is -0.491 e. The SMILES string of the molecule is c1ccc2c(c1)OCC2NC1=NCC2(CCCC2)CS1. The van der Waals surface area contributed by atoms with E-state index in [-0.39, 0.29) is 6.04 Å². The van der Waals surface area contributed by atoms with Crippen molar-refractivity contribution < 1.29 is 4.74 Å². The number of hydrogen-bond donors (Lipinski definition) is 1. The van der Waals surface area contributed by atoms with E-state index in [1.165, 1.54) is 37.0 Å². The van der Waals surface area contributed by atoms with Gasteiger partial charge in [0.05, 0.1) is 6.04 Å². The molecular weight excluding hydrogens is 268 g/mol. The van der Waals surface area contributed by atoms with Crippen LogP contribution in [0, 0.1) is 5.41 Å². The summed E-state index contributed by atoms with van der Waals surface area (Å²) in [5.74, 6) is 2.24. The van der Waals surface area contributed by atoms with E-state index in [9.17, 15) is 0 Å². The smallest absolute Gasteiger partial charge is 0.157 e. The number of fused-ring (bicyclic) bond motifs is 1. The summed E-state index contributed by atoms with van der Waals surface area (Å²) in [6.45, 7) is 1.72. The molecule has 4 rings (SSSR count). The van der Waals surface area contributed by atoms with Gasteiger partial charge in [0, 0.05) is 17.9 Å². The number of rotatable bonds is 1. The van der Waals surface area contributed by atoms with E-state index in [0.29, 0.717) is 12.0 Å². The van der Waals surface area contributed by atoms with Crippen LogP contribution in [0.2, 0.25) is 0 Å². The fourth-order valence-corrected chi connectivity index (χ4v) is 4.70. The van der Waals surface area contributed by atoms with Gasteiger partial charge in [-0.05, 0) is 24.3 Å². The molecule has 1 N–H and O–H groups in total. The topological polar surface area (TPSA) is 33.6 Å². The molecule has 1 fully saturated rings. The van der Waals surface area contributed by atoms with E-state index in [1.54, 1.807) is 0 Å². The van der Waals surface area contributed by atoms with E-state index < -0.39 is 0 Å². The normalized spacial score (nSPS) is 27.0. The Morgan fingerprint density at radius 1 is 1.25 bits per heavy atom. The summed E-state index contributed by atoms with van der Waals surface area (Å²) in [5, 5.41) is 4.67. The molecule has 3 nitrogen and oxygen atoms in total. The fraction of sp³-hybridized carbons (Fsp3) is 0.562. The molecule has 0 amide bonds. The number of hydrogen-bond acceptors (Lipinski definition) is 4. The molecule has 1 unspecified atom stereocenters. The van der Waals surface area contributed by atoms with Gasteiger partial charge in [0.1, 0.15) is 12.4 Å². The Morgan fingerprint density at radius 3 is 2.90 bits per heavy atom. The number of amidine groups is 1. The van der Waals surface area contributed by atoms with Crippen molar-refractivity contribution in [3.05, 3.63) is 29.8 Å². The minimum atomic E-state index is 0.259. The molecule has 0 bridgehead atoms. The van der Waals surface area contributed by atoms with Gasteiger partial charge in [-0.3, -0.25) is 4.99 Å². The standard InChI is InChI=1S/C16H20N2OS/c1-2-6-14-12(5-1)13(9-19-14)18-15-17-10-16(11-20-15)7-3-4-8-16/h1-2,5-6,13H,3-4,7-11H2,(H,17,18). The summed E-state index contributed by atoms with van der Waals surface area (Å²) in [5.41, 5.74) is 1.77. The van der Waals surface area contributed by atoms with Crippen molar-refractivity contribution >= 4 is 16.9 Å². The van der Waals surface area contributed by atoms with Crippen LogP contribution < -0.4 is 10.1 Å². The van der Waals surface area contributed by atoms with Gasteiger partial charge >= 0.3 is 0 Å². The zero-order chi connectivity index (χ0) is 13.4. The van der Waals surface area contributed by atoms with Crippen LogP contribution in [0.25, 0.3) is 0 Å². The van der Waals surface area contributed by atoms with Gasteiger partial charge in [-0.25, -0.2) is 0 Å². The third-order valence-corrected chi connectivity index (χ3v) is 6.01. The van der Waals surface area contributed by atoms with Gasteiger partial charge in [-0.15, -0.1) is 0 Å². The number of thioether (sulfide) groups is 1. The van der Waals surface area contributed by atoms with Crippen LogP contribution in [0.4, 0.5) is 0 Å². The maximum atomic E-state index is 5.72. The molecule has 2 heterocycles. The van der Waals surface area contributed by atoms with E-state index in [4.69, 9.17) is 9.73 Å². The number of ether oxygens (including phenoxy) is 1. The third-order valence-electron chi connectivity index (χ3n) is 4.73. The highest BCUT2D eigenvalue weighted by Crippen LogP contribution is 2.43. The summed E-state index contributed by atoms with van der Waals surface area (Å²) < 4.78 is 5.72. The molecule has 3 aliphatic rings. The van der Waals surface area contributed by atoms with E-state index in [0.717, 1.165) is 17.5 Å². The highest BCUT2D eigenvalue weighted by molar-refractivity contribution is 8.13. The molecule has 2 aliphatic heterocycles. The van der Waals surface area contributed by atoms with Gasteiger partial charge in [0.15, 0.2) is 5.17 Å². The average molecular weight is 288 g/mol. The van der Waals surface area contributed by atoms with E-state index in [2.05, 4.69) is 17.4 Å². The number of nitrogens with one attached hydrogen (secondary N) is 1. The molecular formula is C16H20N2OS. The van der Waals surface area contributed by atoms with Gasteiger partial charge < -0.3 is 10.1 Å². The first-order chi connectivity index (χ1) is 9.85. The maximum absolute atomic E-state index is 5.72. The monoisotopic (exact) mass is 288 g/mol. The molecule has 20 heavy (non-hydrogen) atoms. The molecule has 0 saturated heterocycles. The quantitative estimate of drug-likeness (QED) is 0.860. The molecule has 1 aromatic carbocycles. The molecule has 106 valence electrons. The highest BCUT2D eigenvalue weighted by Gasteiger charge is 2.37. The Bertz CT molecular complexity index is 537. The number of benzene rings is 1. The molecule has 1 aromatic rings. The van der Waals surface area contributed by atoms with Crippen LogP contribution >= 0.6 is 11.8 Å². The minimum absolute atomic E-state index is 0.259. The molecule has 1 atom stereocenters. The van der Waals surface area contributed by atoms with Crippen LogP contribution in [0.1, 0.15) is 37.3 Å². The van der Waals surface area contributed by atoms with Gasteiger partial charge in [-0.1, -0.05) is 42.8 Å². The van der Waals surface area contributed by atoms with Gasteiger partial charge in [0.2, 0.25) is 0 Å². The van der Waals surface area contributed by atoms with Gasteiger partial charge in [0.25, 0.3) is 0 Å². The lowest BCUT2D eigenvalue weighted by molar-refractivity contribution is 0.324. The predicted molar refractivity (Wildman–Crippen MR) is 83.5 cm³/mol. The number of aliphatic imine (C=N–C) groups is 1. The van der Waals surface area contributed by atoms with Crippen LogP contribution in [0.3, 0.4) is 0 Å². The molecule has 1 aliphatic carbocycles. The van der Waals surface area contributed by atoms with Crippen LogP contribution in [0.15, 0.2) is 29.3 Å². The average Bonchev–Trinajstić information content (AvgIpc) is 3.10. The second-order valence-corrected chi connectivity index (χ2v) is 7.13. The second kappa shape index (κ2) is 4.99. The lowest BCUT2D eigenvalue weighted by Crippen LogP contribution is -2.35. The summed E-state index contributed by atoms with van der Waals surface area (Å²) >= 11 is 1.90. The Balaban J connectivity index is 1.45. The first-order valence-electron chi connectivity index (χ1n) is 7.50. The number of para-hydroxylation sites is 1. The fourth-order valence-electron chi connectivity index (χ4n) is 3.50. The third kappa shape index (κ3) is 2.20. The molecule has 0 radical (unpaired) electrons. The van der Waals surface area contributed by atoms with Gasteiger partial charge in [-0.2, -0.15) is 0 Å². The van der Waals surface area contributed by atoms with Crippen molar-refractivity contribution in [1.82, 2.24) is 5.32 Å². The first-order valence-corrected chi connectivity index (χ1v) is 8.49. The van der Waals surface area contributed by atoms with Crippen LogP contribution in [-0.4, -0.2) is 24.1 Å². The van der Waals surface area contributed by atoms with Crippen molar-refractivity contribution in [2.24, 2.45) is 10.4 Å². The van der Waals surface area contributed by atoms with E-state index in [1.807, 2.05) is 23.9 Å². The largest absolute Gasteiger partial charge is 0.491 e. The Hall–Kier alpha value is -1.16. The maximum Gasteiger partial charge on any atom is 0.157 e. The number of nitrogens with zero attached hydrogens (tertiary/aromatic N) is 1. The highest BCUT2D eigenvalue weighted by atomic mass is 32.2. The lowest BCUT2D eigenvalue weighted by atomic mass is 9.89. The zero-order valence-electron chi connectivity index (χ0n) is 11.6. The Kier molecular flexibility index (Phi) is 3.14. The molecule has 0 aromatic heterocycles. The van der Waals surface area contributed by atoms with Crippen molar-refractivity contribution in [3.63, 3.8) is 0 Å². The van der Waals surface area contributed by atoms with Crippen LogP contribution in [0.5, 0.6) is 5.75 Å². The molecule has 1 spiro atoms. The van der Waals surface area contributed by atoms with Crippen LogP contribution in [-0.2, 0) is 0 Å². The Morgan fingerprint density at radius 2 is 2.10 bits per heavy atom. The second-order valence-electron chi connectivity index (χ2n) is 6.16. The summed E-state index contributed by atoms with van der Waals surface area (Å²) in [6.07, 6.45) is 5.52.